The Morgan fingerprint density at radius 2 is 1.79 bits per heavy atom. The van der Waals surface area contributed by atoms with Crippen molar-refractivity contribution < 1.29 is 5.11 Å². The van der Waals surface area contributed by atoms with Gasteiger partial charge >= 0.3 is 0 Å². The first-order valence-electron chi connectivity index (χ1n) is 6.23. The lowest BCUT2D eigenvalue weighted by Gasteiger charge is -2.20. The van der Waals surface area contributed by atoms with Crippen LogP contribution in [0.15, 0.2) is 0 Å². The van der Waals surface area contributed by atoms with Gasteiger partial charge in [-0.3, -0.25) is 0 Å². The molecule has 0 bridgehead atoms. The van der Waals surface area contributed by atoms with Crippen molar-refractivity contribution in [2.45, 2.75) is 57.9 Å². The van der Waals surface area contributed by atoms with Crippen LogP contribution in [0.25, 0.3) is 0 Å². The molecule has 0 aromatic carbocycles. The quantitative estimate of drug-likeness (QED) is 0.576. The molecule has 0 atom stereocenters. The van der Waals surface area contributed by atoms with Crippen LogP contribution >= 0.6 is 0 Å². The highest BCUT2D eigenvalue weighted by Gasteiger charge is 2.27. The van der Waals surface area contributed by atoms with Gasteiger partial charge in [-0.2, -0.15) is 0 Å². The molecule has 0 amide bonds. The number of aliphatic hydroxyl groups is 1. The fourth-order valence-corrected chi connectivity index (χ4v) is 1.98. The van der Waals surface area contributed by atoms with E-state index in [0.29, 0.717) is 6.61 Å². The molecule has 1 aliphatic carbocycles. The molecule has 0 aliphatic heterocycles. The first-order valence-corrected chi connectivity index (χ1v) is 6.23. The Labute approximate surface area is 88.3 Å². The number of unbranched alkanes of at least 4 members (excludes halogenated alkanes) is 3. The highest BCUT2D eigenvalue weighted by Crippen LogP contribution is 2.27. The Bertz CT molecular complexity index is 134. The number of aliphatic hydroxyl groups excluding tert-OH is 1. The van der Waals surface area contributed by atoms with Gasteiger partial charge in [-0.05, 0) is 45.2 Å². The molecule has 0 radical (unpaired) electrons. The molecule has 14 heavy (non-hydrogen) atoms. The van der Waals surface area contributed by atoms with E-state index in [1.165, 1.54) is 51.6 Å². The average Bonchev–Trinajstić information content (AvgIpc) is 2.99. The van der Waals surface area contributed by atoms with Gasteiger partial charge in [-0.25, -0.2) is 0 Å². The Morgan fingerprint density at radius 3 is 2.36 bits per heavy atom. The summed E-state index contributed by atoms with van der Waals surface area (Å²) in [6.45, 7) is 5.19. The molecule has 2 heteroatoms. The van der Waals surface area contributed by atoms with Gasteiger partial charge in [0.05, 0.1) is 0 Å². The summed E-state index contributed by atoms with van der Waals surface area (Å²) < 4.78 is 0. The minimum Gasteiger partial charge on any atom is -0.396 e. The van der Waals surface area contributed by atoms with E-state index in [-0.39, 0.29) is 0 Å². The third-order valence-electron chi connectivity index (χ3n) is 2.93. The number of nitrogens with zero attached hydrogens (tertiary/aromatic N) is 1. The molecule has 84 valence electrons. The standard InChI is InChI=1S/C12H25NO/c1-2-9-13(12-7-8-12)10-5-3-4-6-11-14/h12,14H,2-11H2,1H3. The molecule has 1 aliphatic rings. The molecule has 1 saturated carbocycles. The average molecular weight is 199 g/mol. The molecule has 0 aromatic rings. The molecular formula is C12H25NO. The number of hydrogen-bond donors (Lipinski definition) is 1. The van der Waals surface area contributed by atoms with Crippen LogP contribution in [0.5, 0.6) is 0 Å². The van der Waals surface area contributed by atoms with E-state index in [1.54, 1.807) is 0 Å². The normalized spacial score (nSPS) is 16.5. The largest absolute Gasteiger partial charge is 0.396 e. The maximum Gasteiger partial charge on any atom is 0.0431 e. The maximum atomic E-state index is 8.65. The lowest BCUT2D eigenvalue weighted by molar-refractivity contribution is 0.251. The predicted octanol–water partition coefficient (Wildman–Crippen LogP) is 2.41. The molecule has 1 fully saturated rings. The molecule has 0 aromatic heterocycles. The monoisotopic (exact) mass is 199 g/mol. The Morgan fingerprint density at radius 1 is 1.07 bits per heavy atom. The van der Waals surface area contributed by atoms with Crippen molar-refractivity contribution in [2.75, 3.05) is 19.7 Å². The molecule has 0 saturated heterocycles. The van der Waals surface area contributed by atoms with Crippen molar-refractivity contribution >= 4 is 0 Å². The van der Waals surface area contributed by atoms with Crippen molar-refractivity contribution in [1.82, 2.24) is 4.90 Å². The zero-order valence-electron chi connectivity index (χ0n) is 9.54. The van der Waals surface area contributed by atoms with E-state index in [4.69, 9.17) is 5.11 Å². The van der Waals surface area contributed by atoms with Crippen molar-refractivity contribution in [3.05, 3.63) is 0 Å². The zero-order valence-corrected chi connectivity index (χ0v) is 9.54. The molecule has 1 rings (SSSR count). The third-order valence-corrected chi connectivity index (χ3v) is 2.93. The van der Waals surface area contributed by atoms with Crippen LogP contribution in [0.4, 0.5) is 0 Å². The van der Waals surface area contributed by atoms with Crippen LogP contribution in [-0.4, -0.2) is 35.7 Å². The van der Waals surface area contributed by atoms with Crippen molar-refractivity contribution in [2.24, 2.45) is 0 Å². The minimum absolute atomic E-state index is 0.362. The zero-order chi connectivity index (χ0) is 10.2. The second-order valence-corrected chi connectivity index (χ2v) is 4.40. The molecule has 2 nitrogen and oxygen atoms in total. The number of hydrogen-bond acceptors (Lipinski definition) is 2. The molecule has 0 spiro atoms. The van der Waals surface area contributed by atoms with Gasteiger partial charge in [0.1, 0.15) is 0 Å². The fourth-order valence-electron chi connectivity index (χ4n) is 1.98. The lowest BCUT2D eigenvalue weighted by Crippen LogP contribution is -2.27. The lowest BCUT2D eigenvalue weighted by atomic mass is 10.2. The van der Waals surface area contributed by atoms with Gasteiger partial charge in [0.2, 0.25) is 0 Å². The smallest absolute Gasteiger partial charge is 0.0431 e. The molecule has 0 heterocycles. The predicted molar refractivity (Wildman–Crippen MR) is 60.4 cm³/mol. The first kappa shape index (κ1) is 12.0. The Hall–Kier alpha value is -0.0800. The summed E-state index contributed by atoms with van der Waals surface area (Å²) in [6.07, 6.45) is 8.92. The van der Waals surface area contributed by atoms with Gasteiger partial charge < -0.3 is 10.0 Å². The summed E-state index contributed by atoms with van der Waals surface area (Å²) in [5.41, 5.74) is 0. The summed E-state index contributed by atoms with van der Waals surface area (Å²) in [6, 6.07) is 0.924. The Kier molecular flexibility index (Phi) is 6.20. The number of rotatable bonds is 9. The highest BCUT2D eigenvalue weighted by atomic mass is 16.2. The fraction of sp³-hybridized carbons (Fsp3) is 1.00. The topological polar surface area (TPSA) is 23.5 Å². The summed E-state index contributed by atoms with van der Waals surface area (Å²) in [7, 11) is 0. The molecular weight excluding hydrogens is 174 g/mol. The second kappa shape index (κ2) is 7.24. The van der Waals surface area contributed by atoms with Crippen molar-refractivity contribution in [3.63, 3.8) is 0 Å². The van der Waals surface area contributed by atoms with Crippen LogP contribution in [0.3, 0.4) is 0 Å². The van der Waals surface area contributed by atoms with E-state index >= 15 is 0 Å². The van der Waals surface area contributed by atoms with Gasteiger partial charge in [0.25, 0.3) is 0 Å². The SMILES string of the molecule is CCCN(CCCCCCO)C1CC1. The Balaban J connectivity index is 1.96. The summed E-state index contributed by atoms with van der Waals surface area (Å²) in [4.78, 5) is 2.65. The summed E-state index contributed by atoms with van der Waals surface area (Å²) >= 11 is 0. The van der Waals surface area contributed by atoms with Gasteiger partial charge in [-0.1, -0.05) is 19.8 Å². The second-order valence-electron chi connectivity index (χ2n) is 4.40. The van der Waals surface area contributed by atoms with Crippen LogP contribution in [0.2, 0.25) is 0 Å². The van der Waals surface area contributed by atoms with Crippen molar-refractivity contribution in [1.29, 1.82) is 0 Å². The summed E-state index contributed by atoms with van der Waals surface area (Å²) in [5.74, 6) is 0. The van der Waals surface area contributed by atoms with E-state index < -0.39 is 0 Å². The minimum atomic E-state index is 0.362. The molecule has 0 unspecified atom stereocenters. The van der Waals surface area contributed by atoms with Crippen LogP contribution in [-0.2, 0) is 0 Å². The van der Waals surface area contributed by atoms with Gasteiger partial charge in [0, 0.05) is 12.6 Å². The van der Waals surface area contributed by atoms with Gasteiger partial charge in [0.15, 0.2) is 0 Å². The van der Waals surface area contributed by atoms with Crippen LogP contribution < -0.4 is 0 Å². The van der Waals surface area contributed by atoms with E-state index in [2.05, 4.69) is 11.8 Å². The first-order chi connectivity index (χ1) is 6.88. The van der Waals surface area contributed by atoms with E-state index in [1.807, 2.05) is 0 Å². The van der Waals surface area contributed by atoms with Crippen LogP contribution in [0, 0.1) is 0 Å². The van der Waals surface area contributed by atoms with Crippen molar-refractivity contribution in [3.8, 4) is 0 Å². The van der Waals surface area contributed by atoms with Gasteiger partial charge in [-0.15, -0.1) is 0 Å². The third kappa shape index (κ3) is 4.97. The maximum absolute atomic E-state index is 8.65. The molecule has 1 N–H and O–H groups in total. The summed E-state index contributed by atoms with van der Waals surface area (Å²) in [5, 5.41) is 8.65. The highest BCUT2D eigenvalue weighted by molar-refractivity contribution is 4.84. The van der Waals surface area contributed by atoms with E-state index in [9.17, 15) is 0 Å². The van der Waals surface area contributed by atoms with E-state index in [0.717, 1.165) is 12.5 Å². The van der Waals surface area contributed by atoms with Crippen LogP contribution in [0.1, 0.15) is 51.9 Å².